The minimum Gasteiger partial charge on any atom is -0.325 e. The van der Waals surface area contributed by atoms with Gasteiger partial charge >= 0.3 is 0 Å². The van der Waals surface area contributed by atoms with Gasteiger partial charge in [0.25, 0.3) is 23.2 Å². The Hall–Kier alpha value is -5.82. The molecule has 1 atom stereocenters. The molecule has 0 aromatic heterocycles. The molecular formula is C33H29N5O7S. The van der Waals surface area contributed by atoms with Gasteiger partial charge in [-0.1, -0.05) is 49.4 Å². The van der Waals surface area contributed by atoms with Gasteiger partial charge in [0.05, 0.1) is 26.3 Å². The van der Waals surface area contributed by atoms with Crippen LogP contribution in [0, 0.1) is 27.2 Å². The SMILES string of the molecule is CCC(Sc1cccc(NC(=O)/C(=C\c2ccccc2[N+](=O)[O-])NC(=O)c2ccccc2)c1)C(=O)Nc1cc([N+](=O)[O-])ccc1C. The van der Waals surface area contributed by atoms with Crippen LogP contribution in [-0.2, 0) is 9.59 Å². The zero-order chi connectivity index (χ0) is 33.2. The van der Waals surface area contributed by atoms with Crippen LogP contribution in [0.4, 0.5) is 22.7 Å². The molecule has 0 saturated carbocycles. The maximum atomic E-state index is 13.5. The van der Waals surface area contributed by atoms with Gasteiger partial charge in [-0.2, -0.15) is 0 Å². The Labute approximate surface area is 268 Å². The number of hydrogen-bond donors (Lipinski definition) is 3. The molecule has 0 fully saturated rings. The van der Waals surface area contributed by atoms with E-state index >= 15 is 0 Å². The van der Waals surface area contributed by atoms with Crippen molar-refractivity contribution in [2.45, 2.75) is 30.4 Å². The number of carbonyl (C=O) groups is 3. The lowest BCUT2D eigenvalue weighted by atomic mass is 10.1. The second-order valence-corrected chi connectivity index (χ2v) is 11.2. The Morgan fingerprint density at radius 1 is 0.848 bits per heavy atom. The van der Waals surface area contributed by atoms with Crippen LogP contribution in [0.1, 0.15) is 34.8 Å². The standard InChI is InChI=1S/C33H29N5O7S/c1-3-30(33(41)35-27-20-25(37(42)43)17-16-21(27)2)46-26-14-9-13-24(19-26)34-32(40)28(36-31(39)22-10-5-4-6-11-22)18-23-12-7-8-15-29(23)38(44)45/h4-20,30H,3H2,1-2H3,(H,34,40)(H,35,41)(H,36,39)/b28-18+. The smallest absolute Gasteiger partial charge is 0.276 e. The van der Waals surface area contributed by atoms with Crippen molar-refractivity contribution in [3.63, 3.8) is 0 Å². The molecule has 0 aliphatic carbocycles. The summed E-state index contributed by atoms with van der Waals surface area (Å²) in [7, 11) is 0. The fourth-order valence-electron chi connectivity index (χ4n) is 4.28. The van der Waals surface area contributed by atoms with E-state index in [1.807, 2.05) is 6.92 Å². The molecule has 13 heteroatoms. The number of non-ortho nitro benzene ring substituents is 1. The molecular weight excluding hydrogens is 610 g/mol. The molecule has 0 heterocycles. The third kappa shape index (κ3) is 8.64. The lowest BCUT2D eigenvalue weighted by molar-refractivity contribution is -0.385. The second kappa shape index (κ2) is 15.3. The highest BCUT2D eigenvalue weighted by Crippen LogP contribution is 2.30. The fourth-order valence-corrected chi connectivity index (χ4v) is 5.29. The van der Waals surface area contributed by atoms with Gasteiger partial charge in [0, 0.05) is 34.3 Å². The minimum atomic E-state index is -0.726. The van der Waals surface area contributed by atoms with E-state index in [1.54, 1.807) is 73.7 Å². The monoisotopic (exact) mass is 639 g/mol. The summed E-state index contributed by atoms with van der Waals surface area (Å²) in [5.74, 6) is -1.65. The number of nitro benzene ring substituents is 2. The number of anilines is 2. The molecule has 0 aliphatic heterocycles. The van der Waals surface area contributed by atoms with Crippen LogP contribution in [0.3, 0.4) is 0 Å². The van der Waals surface area contributed by atoms with Crippen molar-refractivity contribution < 1.29 is 24.2 Å². The van der Waals surface area contributed by atoms with Gasteiger partial charge in [0.1, 0.15) is 5.70 Å². The summed E-state index contributed by atoms with van der Waals surface area (Å²) in [5.41, 5.74) is 1.16. The maximum absolute atomic E-state index is 13.5. The first-order chi connectivity index (χ1) is 22.0. The Balaban J connectivity index is 1.55. The van der Waals surface area contributed by atoms with E-state index in [1.165, 1.54) is 48.2 Å². The van der Waals surface area contributed by atoms with Gasteiger partial charge < -0.3 is 16.0 Å². The first-order valence-corrected chi connectivity index (χ1v) is 14.9. The molecule has 0 radical (unpaired) electrons. The molecule has 12 nitrogen and oxygen atoms in total. The van der Waals surface area contributed by atoms with E-state index in [0.29, 0.717) is 28.3 Å². The van der Waals surface area contributed by atoms with Crippen LogP contribution in [0.25, 0.3) is 6.08 Å². The van der Waals surface area contributed by atoms with Crippen molar-refractivity contribution in [1.82, 2.24) is 5.32 Å². The van der Waals surface area contributed by atoms with E-state index in [9.17, 15) is 34.6 Å². The van der Waals surface area contributed by atoms with E-state index in [-0.39, 0.29) is 34.1 Å². The van der Waals surface area contributed by atoms with Gasteiger partial charge in [-0.05, 0) is 61.4 Å². The molecule has 4 aromatic rings. The van der Waals surface area contributed by atoms with Gasteiger partial charge in [-0.15, -0.1) is 11.8 Å². The normalized spacial score (nSPS) is 11.7. The largest absolute Gasteiger partial charge is 0.325 e. The lowest BCUT2D eigenvalue weighted by Gasteiger charge is -2.17. The zero-order valence-corrected chi connectivity index (χ0v) is 25.6. The van der Waals surface area contributed by atoms with Crippen LogP contribution in [0.2, 0.25) is 0 Å². The number of carbonyl (C=O) groups excluding carboxylic acids is 3. The molecule has 46 heavy (non-hydrogen) atoms. The number of hydrogen-bond acceptors (Lipinski definition) is 8. The van der Waals surface area contributed by atoms with Crippen LogP contribution in [-0.4, -0.2) is 32.8 Å². The number of benzene rings is 4. The highest BCUT2D eigenvalue weighted by atomic mass is 32.2. The number of nitrogens with zero attached hydrogens (tertiary/aromatic N) is 2. The van der Waals surface area contributed by atoms with Crippen LogP contribution in [0.15, 0.2) is 108 Å². The summed E-state index contributed by atoms with van der Waals surface area (Å²) in [6, 6.07) is 25.0. The van der Waals surface area contributed by atoms with Crippen molar-refractivity contribution in [2.24, 2.45) is 0 Å². The van der Waals surface area contributed by atoms with E-state index in [4.69, 9.17) is 0 Å². The Morgan fingerprint density at radius 2 is 1.57 bits per heavy atom. The van der Waals surface area contributed by atoms with E-state index < -0.39 is 26.9 Å². The minimum absolute atomic E-state index is 0.117. The van der Waals surface area contributed by atoms with Gasteiger partial charge in [0.15, 0.2) is 0 Å². The summed E-state index contributed by atoms with van der Waals surface area (Å²) in [6.45, 7) is 3.57. The molecule has 0 aliphatic rings. The Morgan fingerprint density at radius 3 is 2.26 bits per heavy atom. The summed E-state index contributed by atoms with van der Waals surface area (Å²) in [4.78, 5) is 61.9. The van der Waals surface area contributed by atoms with Crippen LogP contribution < -0.4 is 16.0 Å². The molecule has 234 valence electrons. The molecule has 4 rings (SSSR count). The second-order valence-electron chi connectivity index (χ2n) is 9.94. The summed E-state index contributed by atoms with van der Waals surface area (Å²) in [6.07, 6.45) is 1.68. The van der Waals surface area contributed by atoms with Crippen LogP contribution in [0.5, 0.6) is 0 Å². The number of para-hydroxylation sites is 1. The molecule has 0 spiro atoms. The topological polar surface area (TPSA) is 174 Å². The van der Waals surface area contributed by atoms with Gasteiger partial charge in [-0.25, -0.2) is 0 Å². The van der Waals surface area contributed by atoms with E-state index in [2.05, 4.69) is 16.0 Å². The fraction of sp³-hybridized carbons (Fsp3) is 0.121. The number of nitro groups is 2. The average molecular weight is 640 g/mol. The highest BCUT2D eigenvalue weighted by molar-refractivity contribution is 8.00. The summed E-state index contributed by atoms with van der Waals surface area (Å²) >= 11 is 1.24. The zero-order valence-electron chi connectivity index (χ0n) is 24.8. The molecule has 0 bridgehead atoms. The average Bonchev–Trinajstić information content (AvgIpc) is 3.04. The van der Waals surface area contributed by atoms with Crippen molar-refractivity contribution in [3.8, 4) is 0 Å². The molecule has 3 N–H and O–H groups in total. The summed E-state index contributed by atoms with van der Waals surface area (Å²) < 4.78 is 0. The first kappa shape index (κ1) is 33.1. The highest BCUT2D eigenvalue weighted by Gasteiger charge is 2.22. The number of amides is 3. The van der Waals surface area contributed by atoms with Crippen molar-refractivity contribution in [3.05, 3.63) is 140 Å². The summed E-state index contributed by atoms with van der Waals surface area (Å²) in [5, 5.41) is 30.3. The lowest BCUT2D eigenvalue weighted by Crippen LogP contribution is -2.30. The predicted octanol–water partition coefficient (Wildman–Crippen LogP) is 6.73. The molecule has 1 unspecified atom stereocenters. The number of thioether (sulfide) groups is 1. The Kier molecular flexibility index (Phi) is 11.0. The predicted molar refractivity (Wildman–Crippen MR) is 176 cm³/mol. The third-order valence-electron chi connectivity index (χ3n) is 6.69. The quantitative estimate of drug-likeness (QED) is 0.0662. The molecule has 3 amide bonds. The molecule has 0 saturated heterocycles. The van der Waals surface area contributed by atoms with Crippen molar-refractivity contribution in [2.75, 3.05) is 10.6 Å². The number of aryl methyl sites for hydroxylation is 1. The van der Waals surface area contributed by atoms with Crippen molar-refractivity contribution in [1.29, 1.82) is 0 Å². The van der Waals surface area contributed by atoms with Crippen LogP contribution >= 0.6 is 11.8 Å². The number of rotatable bonds is 12. The number of nitrogens with one attached hydrogen (secondary N) is 3. The first-order valence-electron chi connectivity index (χ1n) is 14.0. The Bertz CT molecular complexity index is 1830. The molecule has 4 aromatic carbocycles. The third-order valence-corrected chi connectivity index (χ3v) is 8.04. The van der Waals surface area contributed by atoms with Gasteiger partial charge in [-0.3, -0.25) is 34.6 Å². The van der Waals surface area contributed by atoms with E-state index in [0.717, 1.165) is 0 Å². The maximum Gasteiger partial charge on any atom is 0.276 e. The van der Waals surface area contributed by atoms with Gasteiger partial charge in [0.2, 0.25) is 5.91 Å². The van der Waals surface area contributed by atoms with Crippen molar-refractivity contribution >= 4 is 58.3 Å².